The molecule has 0 unspecified atom stereocenters. The van der Waals surface area contributed by atoms with Gasteiger partial charge in [0.2, 0.25) is 5.91 Å². The van der Waals surface area contributed by atoms with Gasteiger partial charge in [-0.25, -0.2) is 0 Å². The van der Waals surface area contributed by atoms with Crippen LogP contribution in [0, 0.1) is 0 Å². The first kappa shape index (κ1) is 16.9. The molecule has 5 nitrogen and oxygen atoms in total. The van der Waals surface area contributed by atoms with E-state index in [9.17, 15) is 9.59 Å². The fourth-order valence-corrected chi connectivity index (χ4v) is 1.30. The Bertz CT molecular complexity index is 270. The van der Waals surface area contributed by atoms with Gasteiger partial charge in [-0.15, -0.1) is 0 Å². The van der Waals surface area contributed by atoms with E-state index in [-0.39, 0.29) is 17.9 Å². The number of hydrogen-bond acceptors (Lipinski definition) is 4. The Labute approximate surface area is 110 Å². The zero-order valence-electron chi connectivity index (χ0n) is 12.1. The molecular formula is C13H26N2O3. The van der Waals surface area contributed by atoms with Crippen LogP contribution in [0.3, 0.4) is 0 Å². The number of ether oxygens (including phenoxy) is 1. The van der Waals surface area contributed by atoms with Gasteiger partial charge < -0.3 is 15.4 Å². The van der Waals surface area contributed by atoms with Crippen LogP contribution in [0.2, 0.25) is 0 Å². The molecule has 5 heteroatoms. The fourth-order valence-electron chi connectivity index (χ4n) is 1.30. The molecule has 0 aliphatic rings. The molecule has 0 saturated heterocycles. The quantitative estimate of drug-likeness (QED) is 0.532. The largest absolute Gasteiger partial charge is 0.460 e. The number of nitrogens with one attached hydrogen (secondary N) is 2. The van der Waals surface area contributed by atoms with E-state index in [1.807, 2.05) is 34.6 Å². The fraction of sp³-hybridized carbons (Fsp3) is 0.846. The zero-order chi connectivity index (χ0) is 14.2. The van der Waals surface area contributed by atoms with Crippen molar-refractivity contribution in [3.05, 3.63) is 0 Å². The minimum absolute atomic E-state index is 0.0229. The van der Waals surface area contributed by atoms with Crippen molar-refractivity contribution in [1.82, 2.24) is 10.6 Å². The van der Waals surface area contributed by atoms with Crippen LogP contribution in [0.4, 0.5) is 0 Å². The van der Waals surface area contributed by atoms with E-state index in [1.54, 1.807) is 0 Å². The summed E-state index contributed by atoms with van der Waals surface area (Å²) in [6.45, 7) is 10.5. The van der Waals surface area contributed by atoms with Gasteiger partial charge >= 0.3 is 5.97 Å². The lowest BCUT2D eigenvalue weighted by molar-refractivity contribution is -0.154. The van der Waals surface area contributed by atoms with Crippen LogP contribution < -0.4 is 10.6 Å². The van der Waals surface area contributed by atoms with Crippen LogP contribution in [0.25, 0.3) is 0 Å². The monoisotopic (exact) mass is 258 g/mol. The Hall–Kier alpha value is -1.10. The summed E-state index contributed by atoms with van der Waals surface area (Å²) in [5.41, 5.74) is -0.436. The first-order chi connectivity index (χ1) is 8.20. The highest BCUT2D eigenvalue weighted by Gasteiger charge is 2.15. The average Bonchev–Trinajstić information content (AvgIpc) is 2.12. The van der Waals surface area contributed by atoms with Crippen molar-refractivity contribution in [2.75, 3.05) is 13.1 Å². The Balaban J connectivity index is 3.51. The molecule has 18 heavy (non-hydrogen) atoms. The third-order valence-corrected chi connectivity index (χ3v) is 1.90. The van der Waals surface area contributed by atoms with Crippen molar-refractivity contribution in [3.8, 4) is 0 Å². The minimum atomic E-state index is -0.436. The van der Waals surface area contributed by atoms with Gasteiger partial charge in [0.25, 0.3) is 0 Å². The first-order valence-corrected chi connectivity index (χ1v) is 6.42. The molecule has 0 rings (SSSR count). The first-order valence-electron chi connectivity index (χ1n) is 6.42. The number of amides is 1. The molecule has 0 fully saturated rings. The summed E-state index contributed by atoms with van der Waals surface area (Å²) in [4.78, 5) is 22.7. The smallest absolute Gasteiger partial charge is 0.307 e. The van der Waals surface area contributed by atoms with Crippen molar-refractivity contribution in [2.45, 2.75) is 59.1 Å². The summed E-state index contributed by atoms with van der Waals surface area (Å²) in [7, 11) is 0. The van der Waals surface area contributed by atoms with E-state index in [4.69, 9.17) is 4.74 Å². The summed E-state index contributed by atoms with van der Waals surface area (Å²) in [5, 5.41) is 5.85. The maximum absolute atomic E-state index is 11.4. The number of hydrogen-bond donors (Lipinski definition) is 2. The highest BCUT2D eigenvalue weighted by Crippen LogP contribution is 2.07. The molecule has 1 amide bonds. The molecule has 0 bridgehead atoms. The number of esters is 1. The van der Waals surface area contributed by atoms with Gasteiger partial charge in [0, 0.05) is 25.6 Å². The highest BCUT2D eigenvalue weighted by atomic mass is 16.6. The Morgan fingerprint density at radius 1 is 1.11 bits per heavy atom. The third-order valence-electron chi connectivity index (χ3n) is 1.90. The molecule has 106 valence electrons. The van der Waals surface area contributed by atoms with Gasteiger partial charge in [-0.3, -0.25) is 9.59 Å². The van der Waals surface area contributed by atoms with Crippen LogP contribution >= 0.6 is 0 Å². The molecule has 0 saturated carbocycles. The van der Waals surface area contributed by atoms with E-state index < -0.39 is 5.60 Å². The predicted octanol–water partition coefficient (Wildman–Crippen LogP) is 1.22. The van der Waals surface area contributed by atoms with Gasteiger partial charge in [0.1, 0.15) is 5.60 Å². The van der Waals surface area contributed by atoms with Crippen molar-refractivity contribution < 1.29 is 14.3 Å². The Morgan fingerprint density at radius 2 is 1.67 bits per heavy atom. The van der Waals surface area contributed by atoms with Crippen LogP contribution in [0.1, 0.15) is 47.5 Å². The topological polar surface area (TPSA) is 67.4 Å². The minimum Gasteiger partial charge on any atom is -0.460 e. The second-order valence-corrected chi connectivity index (χ2v) is 5.56. The third kappa shape index (κ3) is 11.4. The van der Waals surface area contributed by atoms with Crippen LogP contribution in [-0.4, -0.2) is 36.6 Å². The molecule has 0 aliphatic heterocycles. The predicted molar refractivity (Wildman–Crippen MR) is 71.2 cm³/mol. The van der Waals surface area contributed by atoms with Crippen LogP contribution in [-0.2, 0) is 14.3 Å². The average molecular weight is 258 g/mol. The second kappa shape index (κ2) is 8.08. The van der Waals surface area contributed by atoms with E-state index in [2.05, 4.69) is 10.6 Å². The maximum Gasteiger partial charge on any atom is 0.307 e. The zero-order valence-corrected chi connectivity index (χ0v) is 12.1. The number of rotatable bonds is 7. The molecule has 0 aromatic heterocycles. The van der Waals surface area contributed by atoms with Crippen LogP contribution in [0.5, 0.6) is 0 Å². The van der Waals surface area contributed by atoms with Gasteiger partial charge in [-0.1, -0.05) is 0 Å². The maximum atomic E-state index is 11.4. The second-order valence-electron chi connectivity index (χ2n) is 5.56. The number of carbonyl (C=O) groups is 2. The van der Waals surface area contributed by atoms with Crippen molar-refractivity contribution >= 4 is 11.9 Å². The number of carbonyl (C=O) groups excluding carboxylic acids is 2. The molecule has 0 aliphatic carbocycles. The molecular weight excluding hydrogens is 232 g/mol. The van der Waals surface area contributed by atoms with Crippen molar-refractivity contribution in [3.63, 3.8) is 0 Å². The summed E-state index contributed by atoms with van der Waals surface area (Å²) in [6, 6.07) is 0.166. The lowest BCUT2D eigenvalue weighted by Crippen LogP contribution is -2.33. The molecule has 2 N–H and O–H groups in total. The molecule has 0 radical (unpaired) electrons. The molecule has 0 aromatic carbocycles. The van der Waals surface area contributed by atoms with Gasteiger partial charge in [-0.2, -0.15) is 0 Å². The summed E-state index contributed by atoms with van der Waals surface area (Å²) < 4.78 is 5.16. The van der Waals surface area contributed by atoms with E-state index in [1.165, 1.54) is 0 Å². The lowest BCUT2D eigenvalue weighted by Gasteiger charge is -2.19. The summed E-state index contributed by atoms with van der Waals surface area (Å²) in [6.07, 6.45) is 0.746. The van der Waals surface area contributed by atoms with E-state index in [0.29, 0.717) is 25.9 Å². The Kier molecular flexibility index (Phi) is 7.59. The van der Waals surface area contributed by atoms with E-state index in [0.717, 1.165) is 0 Å². The van der Waals surface area contributed by atoms with Crippen LogP contribution in [0.15, 0.2) is 0 Å². The molecule has 0 heterocycles. The summed E-state index contributed by atoms with van der Waals surface area (Å²) >= 11 is 0. The lowest BCUT2D eigenvalue weighted by atomic mass is 10.2. The van der Waals surface area contributed by atoms with Gasteiger partial charge in [0.05, 0.1) is 6.42 Å². The summed E-state index contributed by atoms with van der Waals surface area (Å²) in [5.74, 6) is -0.198. The standard InChI is InChI=1S/C13H26N2O3/c1-10(2)15-11(16)6-8-14-9-7-12(17)18-13(3,4)5/h10,14H,6-9H2,1-5H3,(H,15,16). The SMILES string of the molecule is CC(C)NC(=O)CCNCCC(=O)OC(C)(C)C. The van der Waals surface area contributed by atoms with E-state index >= 15 is 0 Å². The highest BCUT2D eigenvalue weighted by molar-refractivity contribution is 5.76. The van der Waals surface area contributed by atoms with Crippen molar-refractivity contribution in [2.24, 2.45) is 0 Å². The van der Waals surface area contributed by atoms with Crippen molar-refractivity contribution in [1.29, 1.82) is 0 Å². The van der Waals surface area contributed by atoms with Gasteiger partial charge in [-0.05, 0) is 34.6 Å². The Morgan fingerprint density at radius 3 is 2.17 bits per heavy atom. The van der Waals surface area contributed by atoms with Gasteiger partial charge in [0.15, 0.2) is 0 Å². The molecule has 0 spiro atoms. The molecule has 0 aromatic rings. The molecule has 0 atom stereocenters. The normalized spacial score (nSPS) is 11.4.